The molecular weight excluding hydrogens is 424 g/mol. The van der Waals surface area contributed by atoms with Crippen molar-refractivity contribution in [2.24, 2.45) is 5.73 Å². The van der Waals surface area contributed by atoms with Crippen molar-refractivity contribution in [2.45, 2.75) is 24.4 Å². The molecule has 148 valence electrons. The number of rotatable bonds is 5. The van der Waals surface area contributed by atoms with Gasteiger partial charge in [0.15, 0.2) is 10.1 Å². The zero-order valence-corrected chi connectivity index (χ0v) is 17.2. The maximum atomic E-state index is 13.0. The van der Waals surface area contributed by atoms with Gasteiger partial charge in [0.2, 0.25) is 10.9 Å². The molecule has 0 saturated carbocycles. The minimum atomic E-state index is -4.24. The Morgan fingerprint density at radius 2 is 2.25 bits per heavy atom. The molecular formula is C17H17ClN4O4S2. The van der Waals surface area contributed by atoms with E-state index in [4.69, 9.17) is 21.5 Å². The molecule has 3 aromatic rings. The zero-order valence-electron chi connectivity index (χ0n) is 14.8. The fraction of sp³-hybridized carbons (Fsp3) is 0.294. The van der Waals surface area contributed by atoms with Crippen LogP contribution >= 0.6 is 22.9 Å². The summed E-state index contributed by atoms with van der Waals surface area (Å²) in [5.41, 5.74) is 6.92. The fourth-order valence-electron chi connectivity index (χ4n) is 3.56. The molecule has 0 aliphatic carbocycles. The quantitative estimate of drug-likeness (QED) is 0.609. The lowest BCUT2D eigenvalue weighted by atomic mass is 9.91. The molecule has 0 radical (unpaired) electrons. The predicted octanol–water partition coefficient (Wildman–Crippen LogP) is 2.22. The smallest absolute Gasteiger partial charge is 0.358 e. The summed E-state index contributed by atoms with van der Waals surface area (Å²) in [7, 11) is -4.24. The van der Waals surface area contributed by atoms with Gasteiger partial charge in [-0.25, -0.2) is 4.98 Å². The average Bonchev–Trinajstić information content (AvgIpc) is 3.20. The number of halogens is 1. The Bertz CT molecular complexity index is 1170. The first-order valence-electron chi connectivity index (χ1n) is 8.54. The van der Waals surface area contributed by atoms with Gasteiger partial charge in [-0.05, 0) is 24.6 Å². The standard InChI is InChI=1S/C17H17ClN4O4S2/c1-2-21-7-6-10-11(13(21)15(19)23)4-3-5-12(10)26-28(24,25)16-14(18)20-17-22(16)8-9-27-17/h3-5,8-9,13H,2,6-7H2,1H3,(H2,19,23). The number of benzene rings is 1. The monoisotopic (exact) mass is 440 g/mol. The summed E-state index contributed by atoms with van der Waals surface area (Å²) < 4.78 is 32.7. The van der Waals surface area contributed by atoms with Crippen LogP contribution < -0.4 is 9.92 Å². The average molecular weight is 441 g/mol. The second-order valence-electron chi connectivity index (χ2n) is 6.31. The third kappa shape index (κ3) is 3.06. The number of imidazole rings is 1. The largest absolute Gasteiger partial charge is 0.378 e. The van der Waals surface area contributed by atoms with Crippen LogP contribution in [0.1, 0.15) is 24.1 Å². The van der Waals surface area contributed by atoms with Crippen molar-refractivity contribution >= 4 is 43.9 Å². The molecule has 1 aromatic carbocycles. The first-order valence-corrected chi connectivity index (χ1v) is 11.2. The molecule has 4 rings (SSSR count). The first-order chi connectivity index (χ1) is 13.3. The van der Waals surface area contributed by atoms with Gasteiger partial charge in [-0.1, -0.05) is 30.7 Å². The van der Waals surface area contributed by atoms with Gasteiger partial charge in [0.25, 0.3) is 0 Å². The van der Waals surface area contributed by atoms with Crippen molar-refractivity contribution in [3.05, 3.63) is 46.1 Å². The molecule has 0 fully saturated rings. The number of aromatic nitrogens is 2. The highest BCUT2D eigenvalue weighted by molar-refractivity contribution is 7.87. The Hall–Kier alpha value is -2.14. The van der Waals surface area contributed by atoms with E-state index in [9.17, 15) is 13.2 Å². The van der Waals surface area contributed by atoms with E-state index in [2.05, 4.69) is 4.98 Å². The van der Waals surface area contributed by atoms with Crippen molar-refractivity contribution in [3.8, 4) is 5.75 Å². The maximum Gasteiger partial charge on any atom is 0.358 e. The van der Waals surface area contributed by atoms with E-state index < -0.39 is 22.1 Å². The van der Waals surface area contributed by atoms with E-state index >= 15 is 0 Å². The Morgan fingerprint density at radius 1 is 1.46 bits per heavy atom. The van der Waals surface area contributed by atoms with Crippen molar-refractivity contribution in [2.75, 3.05) is 13.1 Å². The molecule has 1 atom stereocenters. The Kier molecular flexibility index (Phi) is 4.82. The molecule has 1 unspecified atom stereocenters. The van der Waals surface area contributed by atoms with Gasteiger partial charge in [-0.2, -0.15) is 8.42 Å². The summed E-state index contributed by atoms with van der Waals surface area (Å²) >= 11 is 7.32. The number of likely N-dealkylation sites (N-methyl/N-ethyl adjacent to an activating group) is 1. The topological polar surface area (TPSA) is 107 Å². The molecule has 28 heavy (non-hydrogen) atoms. The van der Waals surface area contributed by atoms with Crippen LogP contribution in [0.15, 0.2) is 34.8 Å². The first kappa shape index (κ1) is 19.2. The highest BCUT2D eigenvalue weighted by atomic mass is 35.5. The van der Waals surface area contributed by atoms with Crippen LogP contribution in [-0.4, -0.2) is 41.7 Å². The van der Waals surface area contributed by atoms with Crippen molar-refractivity contribution in [3.63, 3.8) is 0 Å². The number of hydrogen-bond acceptors (Lipinski definition) is 7. The molecule has 1 amide bonds. The summed E-state index contributed by atoms with van der Waals surface area (Å²) in [5.74, 6) is -0.317. The molecule has 2 N–H and O–H groups in total. The third-order valence-corrected chi connectivity index (χ3v) is 7.16. The van der Waals surface area contributed by atoms with E-state index in [1.807, 2.05) is 11.8 Å². The van der Waals surface area contributed by atoms with Crippen molar-refractivity contribution in [1.29, 1.82) is 0 Å². The van der Waals surface area contributed by atoms with E-state index in [1.165, 1.54) is 15.7 Å². The number of fused-ring (bicyclic) bond motifs is 2. The molecule has 0 saturated heterocycles. The number of nitrogens with zero attached hydrogens (tertiary/aromatic N) is 3. The summed E-state index contributed by atoms with van der Waals surface area (Å²) in [6, 6.07) is 4.36. The number of primary amides is 1. The molecule has 8 nitrogen and oxygen atoms in total. The normalized spacial score (nSPS) is 17.6. The fourth-order valence-corrected chi connectivity index (χ4v) is 5.95. The molecule has 2 aromatic heterocycles. The number of thiazole rings is 1. The highest BCUT2D eigenvalue weighted by Crippen LogP contribution is 2.36. The summed E-state index contributed by atoms with van der Waals surface area (Å²) in [4.78, 5) is 18.5. The van der Waals surface area contributed by atoms with E-state index in [0.29, 0.717) is 35.6 Å². The van der Waals surface area contributed by atoms with Gasteiger partial charge in [0.1, 0.15) is 11.8 Å². The number of amides is 1. The maximum absolute atomic E-state index is 13.0. The lowest BCUT2D eigenvalue weighted by molar-refractivity contribution is -0.123. The van der Waals surface area contributed by atoms with Crippen LogP contribution in [0.3, 0.4) is 0 Å². The predicted molar refractivity (Wildman–Crippen MR) is 105 cm³/mol. The molecule has 1 aliphatic heterocycles. The molecule has 11 heteroatoms. The second-order valence-corrected chi connectivity index (χ2v) is 9.00. The van der Waals surface area contributed by atoms with Gasteiger partial charge in [0, 0.05) is 23.7 Å². The van der Waals surface area contributed by atoms with E-state index in [1.54, 1.807) is 29.8 Å². The molecule has 0 bridgehead atoms. The lowest BCUT2D eigenvalue weighted by Gasteiger charge is -2.35. The number of nitrogens with two attached hydrogens (primary N) is 1. The summed E-state index contributed by atoms with van der Waals surface area (Å²) in [6.45, 7) is 3.16. The Morgan fingerprint density at radius 3 is 2.96 bits per heavy atom. The minimum absolute atomic E-state index is 0.149. The van der Waals surface area contributed by atoms with Crippen molar-refractivity contribution in [1.82, 2.24) is 14.3 Å². The third-order valence-electron chi connectivity index (χ3n) is 4.77. The number of carbonyl (C=O) groups excluding carboxylic acids is 1. The minimum Gasteiger partial charge on any atom is -0.378 e. The van der Waals surface area contributed by atoms with E-state index in [0.717, 1.165) is 0 Å². The van der Waals surface area contributed by atoms with Crippen LogP contribution in [0.2, 0.25) is 5.15 Å². The SMILES string of the molecule is CCN1CCc2c(OS(=O)(=O)c3c(Cl)nc4sccn34)cccc2C1C(N)=O. The Balaban J connectivity index is 1.78. The summed E-state index contributed by atoms with van der Waals surface area (Å²) in [5, 5.41) is 1.34. The van der Waals surface area contributed by atoms with Gasteiger partial charge in [-0.15, -0.1) is 11.3 Å². The molecule has 3 heterocycles. The van der Waals surface area contributed by atoms with Crippen molar-refractivity contribution < 1.29 is 17.4 Å². The number of carbonyl (C=O) groups is 1. The zero-order chi connectivity index (χ0) is 20.1. The van der Waals surface area contributed by atoms with Gasteiger partial charge in [-0.3, -0.25) is 14.1 Å². The Labute approximate surface area is 170 Å². The van der Waals surface area contributed by atoms with Gasteiger partial charge < -0.3 is 9.92 Å². The number of hydrogen-bond donors (Lipinski definition) is 1. The van der Waals surface area contributed by atoms with Gasteiger partial charge >= 0.3 is 10.1 Å². The lowest BCUT2D eigenvalue weighted by Crippen LogP contribution is -2.42. The molecule has 1 aliphatic rings. The van der Waals surface area contributed by atoms with Crippen LogP contribution in [-0.2, 0) is 21.3 Å². The van der Waals surface area contributed by atoms with Crippen LogP contribution in [0.4, 0.5) is 0 Å². The molecule has 0 spiro atoms. The van der Waals surface area contributed by atoms with Gasteiger partial charge in [0.05, 0.1) is 0 Å². The van der Waals surface area contributed by atoms with Crippen LogP contribution in [0.5, 0.6) is 5.75 Å². The second kappa shape index (κ2) is 7.03. The highest BCUT2D eigenvalue weighted by Gasteiger charge is 2.34. The summed E-state index contributed by atoms with van der Waals surface area (Å²) in [6.07, 6.45) is 2.10. The van der Waals surface area contributed by atoms with Crippen LogP contribution in [0.25, 0.3) is 4.96 Å². The van der Waals surface area contributed by atoms with Crippen LogP contribution in [0, 0.1) is 0 Å². The van der Waals surface area contributed by atoms with E-state index in [-0.39, 0.29) is 15.9 Å².